The van der Waals surface area contributed by atoms with Crippen LogP contribution in [0.25, 0.3) is 0 Å². The number of nitrogens with one attached hydrogen (secondary N) is 1. The molecule has 2 heterocycles. The largest absolute Gasteiger partial charge is 0.380 e. The summed E-state index contributed by atoms with van der Waals surface area (Å²) >= 11 is 6.06. The van der Waals surface area contributed by atoms with Crippen molar-refractivity contribution >= 4 is 17.5 Å². The smallest absolute Gasteiger partial charge is 0.276 e. The van der Waals surface area contributed by atoms with Crippen LogP contribution in [0.1, 0.15) is 35.9 Å². The van der Waals surface area contributed by atoms with Gasteiger partial charge < -0.3 is 9.64 Å². The van der Waals surface area contributed by atoms with E-state index in [2.05, 4.69) is 10.2 Å². The lowest BCUT2D eigenvalue weighted by Crippen LogP contribution is -2.38. The van der Waals surface area contributed by atoms with Gasteiger partial charge in [-0.05, 0) is 26.7 Å². The van der Waals surface area contributed by atoms with Crippen LogP contribution in [0.15, 0.2) is 0 Å². The highest BCUT2D eigenvalue weighted by molar-refractivity contribution is 6.34. The number of amides is 1. The van der Waals surface area contributed by atoms with Crippen LogP contribution < -0.4 is 0 Å². The molecule has 1 amide bonds. The summed E-state index contributed by atoms with van der Waals surface area (Å²) in [5, 5.41) is 7.14. The Morgan fingerprint density at radius 2 is 2.44 bits per heavy atom. The standard InChI is InChI=1S/C12H18ClN3O2/c1-3-18-7-9-5-4-6-16(9)12(17)11-10(13)8(2)14-15-11/h9H,3-7H2,1-2H3,(H,14,15)/t9-/m1/s1. The zero-order chi connectivity index (χ0) is 13.1. The molecule has 1 aromatic rings. The summed E-state index contributed by atoms with van der Waals surface area (Å²) in [7, 11) is 0. The molecule has 1 aromatic heterocycles. The highest BCUT2D eigenvalue weighted by Gasteiger charge is 2.32. The van der Waals surface area contributed by atoms with E-state index in [1.165, 1.54) is 0 Å². The summed E-state index contributed by atoms with van der Waals surface area (Å²) < 4.78 is 5.41. The molecule has 0 aromatic carbocycles. The van der Waals surface area contributed by atoms with Gasteiger partial charge in [0.05, 0.1) is 23.4 Å². The molecule has 1 aliphatic heterocycles. The Balaban J connectivity index is 2.10. The molecule has 0 saturated carbocycles. The van der Waals surface area contributed by atoms with E-state index in [0.29, 0.717) is 23.9 Å². The number of aryl methyl sites for hydroxylation is 1. The fraction of sp³-hybridized carbons (Fsp3) is 0.667. The van der Waals surface area contributed by atoms with Gasteiger partial charge in [-0.25, -0.2) is 0 Å². The van der Waals surface area contributed by atoms with Crippen LogP contribution in [0.2, 0.25) is 5.02 Å². The van der Waals surface area contributed by atoms with E-state index in [1.807, 2.05) is 11.8 Å². The zero-order valence-electron chi connectivity index (χ0n) is 10.7. The highest BCUT2D eigenvalue weighted by atomic mass is 35.5. The first-order valence-corrected chi connectivity index (χ1v) is 6.62. The minimum absolute atomic E-state index is 0.105. The number of halogens is 1. The number of aromatic nitrogens is 2. The van der Waals surface area contributed by atoms with Crippen molar-refractivity contribution < 1.29 is 9.53 Å². The monoisotopic (exact) mass is 271 g/mol. The molecule has 0 bridgehead atoms. The maximum Gasteiger partial charge on any atom is 0.276 e. The number of hydrogen-bond acceptors (Lipinski definition) is 3. The van der Waals surface area contributed by atoms with Gasteiger partial charge in [-0.3, -0.25) is 9.89 Å². The number of H-pyrrole nitrogens is 1. The fourth-order valence-corrected chi connectivity index (χ4v) is 2.39. The molecule has 1 aliphatic rings. The average Bonchev–Trinajstić information content (AvgIpc) is 2.95. The quantitative estimate of drug-likeness (QED) is 0.911. The first-order chi connectivity index (χ1) is 8.65. The van der Waals surface area contributed by atoms with Gasteiger partial charge in [-0.2, -0.15) is 5.10 Å². The zero-order valence-corrected chi connectivity index (χ0v) is 11.5. The van der Waals surface area contributed by atoms with Gasteiger partial charge in [0.1, 0.15) is 0 Å². The minimum Gasteiger partial charge on any atom is -0.380 e. The van der Waals surface area contributed by atoms with E-state index >= 15 is 0 Å². The molecule has 0 unspecified atom stereocenters. The van der Waals surface area contributed by atoms with Gasteiger partial charge >= 0.3 is 0 Å². The van der Waals surface area contributed by atoms with Crippen molar-refractivity contribution in [2.24, 2.45) is 0 Å². The number of aromatic amines is 1. The number of nitrogens with zero attached hydrogens (tertiary/aromatic N) is 2. The van der Waals surface area contributed by atoms with Crippen molar-refractivity contribution in [1.29, 1.82) is 0 Å². The maximum absolute atomic E-state index is 12.4. The van der Waals surface area contributed by atoms with E-state index in [9.17, 15) is 4.79 Å². The topological polar surface area (TPSA) is 58.2 Å². The molecule has 1 fully saturated rings. The Morgan fingerprint density at radius 1 is 1.67 bits per heavy atom. The molecule has 2 rings (SSSR count). The minimum atomic E-state index is -0.105. The van der Waals surface area contributed by atoms with Crippen LogP contribution in [-0.4, -0.2) is 46.8 Å². The number of carbonyl (C=O) groups is 1. The van der Waals surface area contributed by atoms with Gasteiger partial charge in [0.2, 0.25) is 0 Å². The summed E-state index contributed by atoms with van der Waals surface area (Å²) in [6, 6.07) is 0.144. The second-order valence-corrected chi connectivity index (χ2v) is 4.84. The Labute approximate surface area is 111 Å². The van der Waals surface area contributed by atoms with Crippen LogP contribution in [0, 0.1) is 6.92 Å². The summed E-state index contributed by atoms with van der Waals surface area (Å²) in [5.41, 5.74) is 1.04. The van der Waals surface area contributed by atoms with Crippen LogP contribution in [0.5, 0.6) is 0 Å². The van der Waals surface area contributed by atoms with Crippen molar-refractivity contribution in [3.63, 3.8) is 0 Å². The second kappa shape index (κ2) is 5.71. The van der Waals surface area contributed by atoms with E-state index in [1.54, 1.807) is 6.92 Å². The molecule has 0 spiro atoms. The summed E-state index contributed by atoms with van der Waals surface area (Å²) in [6.07, 6.45) is 1.98. The van der Waals surface area contributed by atoms with Crippen molar-refractivity contribution in [2.45, 2.75) is 32.7 Å². The number of rotatable bonds is 4. The Morgan fingerprint density at radius 3 is 3.06 bits per heavy atom. The Bertz CT molecular complexity index is 433. The molecule has 18 heavy (non-hydrogen) atoms. The maximum atomic E-state index is 12.4. The average molecular weight is 272 g/mol. The van der Waals surface area contributed by atoms with Crippen molar-refractivity contribution in [2.75, 3.05) is 19.8 Å². The second-order valence-electron chi connectivity index (χ2n) is 4.47. The molecule has 1 atom stereocenters. The summed E-state index contributed by atoms with van der Waals surface area (Å²) in [5.74, 6) is -0.105. The lowest BCUT2D eigenvalue weighted by molar-refractivity contribution is 0.0560. The van der Waals surface area contributed by atoms with Gasteiger partial charge in [0.15, 0.2) is 5.69 Å². The third-order valence-electron chi connectivity index (χ3n) is 3.23. The number of hydrogen-bond donors (Lipinski definition) is 1. The molecule has 100 valence electrons. The van der Waals surface area contributed by atoms with Gasteiger partial charge in [-0.1, -0.05) is 11.6 Å². The first kappa shape index (κ1) is 13.4. The SMILES string of the molecule is CCOC[C@H]1CCCN1C(=O)c1n[nH]c(C)c1Cl. The number of likely N-dealkylation sites (tertiary alicyclic amines) is 1. The molecular weight excluding hydrogens is 254 g/mol. The predicted octanol–water partition coefficient (Wildman–Crippen LogP) is 2.01. The van der Waals surface area contributed by atoms with Crippen LogP contribution in [0.4, 0.5) is 0 Å². The van der Waals surface area contributed by atoms with E-state index in [-0.39, 0.29) is 11.9 Å². The predicted molar refractivity (Wildman–Crippen MR) is 68.9 cm³/mol. The Kier molecular flexibility index (Phi) is 4.24. The van der Waals surface area contributed by atoms with Gasteiger partial charge in [0, 0.05) is 13.2 Å². The Hall–Kier alpha value is -1.07. The normalized spacial score (nSPS) is 19.5. The third-order valence-corrected chi connectivity index (χ3v) is 3.69. The van der Waals surface area contributed by atoms with Crippen LogP contribution in [-0.2, 0) is 4.74 Å². The lowest BCUT2D eigenvalue weighted by atomic mass is 10.2. The molecule has 1 N–H and O–H groups in total. The summed E-state index contributed by atoms with van der Waals surface area (Å²) in [4.78, 5) is 14.2. The number of ether oxygens (including phenoxy) is 1. The molecule has 0 aliphatic carbocycles. The fourth-order valence-electron chi connectivity index (χ4n) is 2.22. The van der Waals surface area contributed by atoms with Gasteiger partial charge in [-0.15, -0.1) is 0 Å². The molecule has 6 heteroatoms. The van der Waals surface area contributed by atoms with Gasteiger partial charge in [0.25, 0.3) is 5.91 Å². The van der Waals surface area contributed by atoms with Crippen molar-refractivity contribution in [1.82, 2.24) is 15.1 Å². The van der Waals surface area contributed by atoms with E-state index < -0.39 is 0 Å². The van der Waals surface area contributed by atoms with Crippen molar-refractivity contribution in [3.05, 3.63) is 16.4 Å². The van der Waals surface area contributed by atoms with E-state index in [4.69, 9.17) is 16.3 Å². The lowest BCUT2D eigenvalue weighted by Gasteiger charge is -2.23. The van der Waals surface area contributed by atoms with Crippen molar-refractivity contribution in [3.8, 4) is 0 Å². The third kappa shape index (κ3) is 2.52. The molecule has 5 nitrogen and oxygen atoms in total. The van der Waals surface area contributed by atoms with E-state index in [0.717, 1.165) is 25.1 Å². The summed E-state index contributed by atoms with van der Waals surface area (Å²) in [6.45, 7) is 5.76. The number of carbonyl (C=O) groups excluding carboxylic acids is 1. The molecular formula is C12H18ClN3O2. The molecule has 0 radical (unpaired) electrons. The van der Waals surface area contributed by atoms with Crippen LogP contribution in [0.3, 0.4) is 0 Å². The molecule has 1 saturated heterocycles. The highest BCUT2D eigenvalue weighted by Crippen LogP contribution is 2.24. The first-order valence-electron chi connectivity index (χ1n) is 6.24. The van der Waals surface area contributed by atoms with Crippen LogP contribution >= 0.6 is 11.6 Å².